The summed E-state index contributed by atoms with van der Waals surface area (Å²) in [5.41, 5.74) is 1.89. The molecule has 0 bridgehead atoms. The SMILES string of the molecule is CC(C)(C)CC(=O)c1ccc(CC(=O)Nc2ccc(C(=O)OC(C)(C)C)cc2)cc1. The number of benzene rings is 2. The van der Waals surface area contributed by atoms with Crippen molar-refractivity contribution >= 4 is 23.3 Å². The van der Waals surface area contributed by atoms with Gasteiger partial charge in [0.05, 0.1) is 12.0 Å². The van der Waals surface area contributed by atoms with E-state index in [4.69, 9.17) is 4.74 Å². The van der Waals surface area contributed by atoms with Crippen molar-refractivity contribution in [2.75, 3.05) is 5.32 Å². The Labute approximate surface area is 178 Å². The molecule has 2 aromatic carbocycles. The molecular formula is C25H31NO4. The van der Waals surface area contributed by atoms with Crippen molar-refractivity contribution < 1.29 is 19.1 Å². The molecule has 30 heavy (non-hydrogen) atoms. The number of Topliss-reactive ketones (excluding diaryl/α,β-unsaturated/α-hetero) is 1. The highest BCUT2D eigenvalue weighted by molar-refractivity contribution is 5.97. The number of ether oxygens (including phenoxy) is 1. The average molecular weight is 410 g/mol. The normalized spacial score (nSPS) is 11.7. The van der Waals surface area contributed by atoms with Crippen LogP contribution in [0.5, 0.6) is 0 Å². The molecule has 1 N–H and O–H groups in total. The Balaban J connectivity index is 1.93. The summed E-state index contributed by atoms with van der Waals surface area (Å²) >= 11 is 0. The average Bonchev–Trinajstić information content (AvgIpc) is 2.60. The van der Waals surface area contributed by atoms with Crippen LogP contribution in [0.15, 0.2) is 48.5 Å². The van der Waals surface area contributed by atoms with Crippen LogP contribution in [0, 0.1) is 5.41 Å². The number of esters is 1. The Morgan fingerprint density at radius 3 is 1.83 bits per heavy atom. The van der Waals surface area contributed by atoms with E-state index < -0.39 is 11.6 Å². The second kappa shape index (κ2) is 9.24. The molecule has 0 unspecified atom stereocenters. The smallest absolute Gasteiger partial charge is 0.338 e. The fourth-order valence-electron chi connectivity index (χ4n) is 2.81. The van der Waals surface area contributed by atoms with E-state index in [-0.39, 0.29) is 23.5 Å². The quantitative estimate of drug-likeness (QED) is 0.509. The molecule has 0 aliphatic heterocycles. The maximum Gasteiger partial charge on any atom is 0.338 e. The van der Waals surface area contributed by atoms with E-state index in [9.17, 15) is 14.4 Å². The van der Waals surface area contributed by atoms with Gasteiger partial charge in [0, 0.05) is 17.7 Å². The first-order chi connectivity index (χ1) is 13.8. The van der Waals surface area contributed by atoms with Gasteiger partial charge in [-0.3, -0.25) is 9.59 Å². The minimum absolute atomic E-state index is 0.0608. The zero-order valence-electron chi connectivity index (χ0n) is 18.7. The Morgan fingerprint density at radius 1 is 0.800 bits per heavy atom. The Kier molecular flexibility index (Phi) is 7.19. The number of ketones is 1. The second-order valence-corrected chi connectivity index (χ2v) is 9.66. The van der Waals surface area contributed by atoms with Crippen LogP contribution in [0.4, 0.5) is 5.69 Å². The van der Waals surface area contributed by atoms with Crippen LogP contribution in [-0.4, -0.2) is 23.3 Å². The van der Waals surface area contributed by atoms with Crippen LogP contribution in [-0.2, 0) is 16.0 Å². The zero-order chi connectivity index (χ0) is 22.5. The summed E-state index contributed by atoms with van der Waals surface area (Å²) in [6, 6.07) is 13.7. The monoisotopic (exact) mass is 409 g/mol. The highest BCUT2D eigenvalue weighted by Gasteiger charge is 2.18. The molecule has 0 saturated carbocycles. The molecule has 0 radical (unpaired) electrons. The van der Waals surface area contributed by atoms with Gasteiger partial charge < -0.3 is 10.1 Å². The highest BCUT2D eigenvalue weighted by atomic mass is 16.6. The van der Waals surface area contributed by atoms with E-state index in [1.165, 1.54) is 0 Å². The van der Waals surface area contributed by atoms with Gasteiger partial charge >= 0.3 is 5.97 Å². The molecule has 1 amide bonds. The summed E-state index contributed by atoms with van der Waals surface area (Å²) in [4.78, 5) is 36.7. The van der Waals surface area contributed by atoms with Crippen LogP contribution < -0.4 is 5.32 Å². The Bertz CT molecular complexity index is 823. The Hall–Kier alpha value is -2.95. The van der Waals surface area contributed by atoms with Crippen LogP contribution in [0.1, 0.15) is 74.2 Å². The molecule has 2 rings (SSSR count). The predicted octanol–water partition coefficient (Wildman–Crippen LogP) is 5.44. The van der Waals surface area contributed by atoms with Crippen molar-refractivity contribution in [1.82, 2.24) is 0 Å². The topological polar surface area (TPSA) is 72.5 Å². The molecule has 5 heteroatoms. The second-order valence-electron chi connectivity index (χ2n) is 9.66. The minimum atomic E-state index is -0.559. The molecule has 160 valence electrons. The largest absolute Gasteiger partial charge is 0.456 e. The fraction of sp³-hybridized carbons (Fsp3) is 0.400. The number of carbonyl (C=O) groups is 3. The van der Waals surface area contributed by atoms with Crippen molar-refractivity contribution in [2.45, 2.75) is 60.0 Å². The first-order valence-electron chi connectivity index (χ1n) is 10.1. The van der Waals surface area contributed by atoms with E-state index in [0.717, 1.165) is 5.56 Å². The van der Waals surface area contributed by atoms with Crippen LogP contribution >= 0.6 is 0 Å². The van der Waals surface area contributed by atoms with Gasteiger partial charge in [-0.1, -0.05) is 45.0 Å². The maximum absolute atomic E-state index is 12.3. The molecule has 5 nitrogen and oxygen atoms in total. The number of nitrogens with one attached hydrogen (secondary N) is 1. The van der Waals surface area contributed by atoms with Crippen LogP contribution in [0.25, 0.3) is 0 Å². The van der Waals surface area contributed by atoms with Gasteiger partial charge in [-0.05, 0) is 56.0 Å². The van der Waals surface area contributed by atoms with E-state index >= 15 is 0 Å². The van der Waals surface area contributed by atoms with Crippen molar-refractivity contribution in [3.63, 3.8) is 0 Å². The van der Waals surface area contributed by atoms with Gasteiger partial charge in [-0.2, -0.15) is 0 Å². The van der Waals surface area contributed by atoms with E-state index in [1.54, 1.807) is 48.5 Å². The third kappa shape index (κ3) is 7.82. The highest BCUT2D eigenvalue weighted by Crippen LogP contribution is 2.22. The molecule has 0 atom stereocenters. The lowest BCUT2D eigenvalue weighted by Crippen LogP contribution is -2.23. The molecule has 0 aliphatic rings. The summed E-state index contributed by atoms with van der Waals surface area (Å²) in [6.07, 6.45) is 0.674. The maximum atomic E-state index is 12.3. The summed E-state index contributed by atoms with van der Waals surface area (Å²) in [7, 11) is 0. The minimum Gasteiger partial charge on any atom is -0.456 e. The van der Waals surface area contributed by atoms with Crippen molar-refractivity contribution in [2.24, 2.45) is 5.41 Å². The van der Waals surface area contributed by atoms with Gasteiger partial charge in [-0.15, -0.1) is 0 Å². The molecule has 2 aromatic rings. The molecule has 0 spiro atoms. The third-order valence-corrected chi connectivity index (χ3v) is 4.13. The number of carbonyl (C=O) groups excluding carboxylic acids is 3. The molecule has 0 heterocycles. The van der Waals surface area contributed by atoms with Gasteiger partial charge in [-0.25, -0.2) is 4.79 Å². The Morgan fingerprint density at radius 2 is 1.33 bits per heavy atom. The van der Waals surface area contributed by atoms with Crippen LogP contribution in [0.3, 0.4) is 0 Å². The number of hydrogen-bond acceptors (Lipinski definition) is 4. The molecular weight excluding hydrogens is 378 g/mol. The molecule has 0 aliphatic carbocycles. The van der Waals surface area contributed by atoms with Gasteiger partial charge in [0.15, 0.2) is 5.78 Å². The van der Waals surface area contributed by atoms with Crippen molar-refractivity contribution in [3.8, 4) is 0 Å². The summed E-state index contributed by atoms with van der Waals surface area (Å²) in [5.74, 6) is -0.473. The van der Waals surface area contributed by atoms with Crippen molar-refractivity contribution in [1.29, 1.82) is 0 Å². The summed E-state index contributed by atoms with van der Waals surface area (Å²) in [5, 5.41) is 2.82. The van der Waals surface area contributed by atoms with Crippen molar-refractivity contribution in [3.05, 3.63) is 65.2 Å². The molecule has 0 fully saturated rings. The number of amides is 1. The van der Waals surface area contributed by atoms with Gasteiger partial charge in [0.25, 0.3) is 0 Å². The number of anilines is 1. The first-order valence-corrected chi connectivity index (χ1v) is 10.1. The standard InChI is InChI=1S/C25H31NO4/c1-24(2,3)16-21(27)18-9-7-17(8-10-18)15-22(28)26-20-13-11-19(12-14-20)23(29)30-25(4,5)6/h7-14H,15-16H2,1-6H3,(H,26,28). The summed E-state index contributed by atoms with van der Waals surface area (Å²) < 4.78 is 5.33. The lowest BCUT2D eigenvalue weighted by molar-refractivity contribution is -0.115. The van der Waals surface area contributed by atoms with Gasteiger partial charge in [0.2, 0.25) is 5.91 Å². The van der Waals surface area contributed by atoms with E-state index in [0.29, 0.717) is 23.2 Å². The zero-order valence-corrected chi connectivity index (χ0v) is 18.7. The van der Waals surface area contributed by atoms with Crippen LogP contribution in [0.2, 0.25) is 0 Å². The lowest BCUT2D eigenvalue weighted by Gasteiger charge is -2.19. The predicted molar refractivity (Wildman–Crippen MR) is 119 cm³/mol. The van der Waals surface area contributed by atoms with E-state index in [1.807, 2.05) is 41.5 Å². The molecule has 0 aromatic heterocycles. The molecule has 0 saturated heterocycles. The lowest BCUT2D eigenvalue weighted by atomic mass is 9.87. The van der Waals surface area contributed by atoms with E-state index in [2.05, 4.69) is 5.32 Å². The summed E-state index contributed by atoms with van der Waals surface area (Å²) in [6.45, 7) is 11.5. The first kappa shape index (κ1) is 23.3. The number of hydrogen-bond donors (Lipinski definition) is 1. The fourth-order valence-corrected chi connectivity index (χ4v) is 2.81. The third-order valence-electron chi connectivity index (χ3n) is 4.13. The number of rotatable bonds is 6. The van der Waals surface area contributed by atoms with Gasteiger partial charge in [0.1, 0.15) is 5.60 Å².